The van der Waals surface area contributed by atoms with Gasteiger partial charge in [0.15, 0.2) is 0 Å². The molecule has 1 fully saturated rings. The lowest BCUT2D eigenvalue weighted by Gasteiger charge is -2.13. The predicted octanol–water partition coefficient (Wildman–Crippen LogP) is -2.60. The molecule has 1 heterocycles. The zero-order chi connectivity index (χ0) is 7.56. The van der Waals surface area contributed by atoms with Crippen molar-refractivity contribution in [3.63, 3.8) is 0 Å². The van der Waals surface area contributed by atoms with Gasteiger partial charge in [-0.25, -0.2) is 0 Å². The average molecular weight is 164 g/mol. The molecule has 0 bridgehead atoms. The lowest BCUT2D eigenvalue weighted by atomic mass is 10.2. The summed E-state index contributed by atoms with van der Waals surface area (Å²) in [6.07, 6.45) is -1.31. The Bertz CT molecular complexity index is 97.8. The van der Waals surface area contributed by atoms with Crippen LogP contribution >= 0.6 is 0 Å². The molecule has 1 aliphatic rings. The Kier molecular flexibility index (Phi) is 2.81. The molecule has 0 amide bonds. The van der Waals surface area contributed by atoms with E-state index in [4.69, 9.17) is 14.3 Å². The summed E-state index contributed by atoms with van der Waals surface area (Å²) in [6.45, 7) is 0.262. The standard InChI is InChI=1S/C5H12O4Si/c6-1-3-5(7)4(9-10)2-8-3/h3-7H,1-2H2,10H3/t3-,4+,5-/m1/s1. The highest BCUT2D eigenvalue weighted by Crippen LogP contribution is 2.15. The Balaban J connectivity index is 2.41. The average Bonchev–Trinajstić information content (AvgIpc) is 2.30. The summed E-state index contributed by atoms with van der Waals surface area (Å²) in [6, 6.07) is 0. The number of aliphatic hydroxyl groups excluding tert-OH is 2. The molecule has 0 aromatic heterocycles. The fourth-order valence-corrected chi connectivity index (χ4v) is 1.44. The third-order valence-corrected chi connectivity index (χ3v) is 2.32. The van der Waals surface area contributed by atoms with Gasteiger partial charge in [-0.3, -0.25) is 0 Å². The van der Waals surface area contributed by atoms with Gasteiger partial charge in [0, 0.05) is 0 Å². The first-order valence-electron chi connectivity index (χ1n) is 3.23. The third-order valence-electron chi connectivity index (χ3n) is 1.72. The molecule has 1 rings (SSSR count). The molecule has 0 spiro atoms. The predicted molar refractivity (Wildman–Crippen MR) is 37.6 cm³/mol. The molecular formula is C5H12O4Si. The summed E-state index contributed by atoms with van der Waals surface area (Å²) in [5.74, 6) is 0. The Labute approximate surface area is 62.3 Å². The van der Waals surface area contributed by atoms with E-state index in [1.165, 1.54) is 0 Å². The number of hydrogen-bond donors (Lipinski definition) is 2. The zero-order valence-electron chi connectivity index (χ0n) is 5.86. The van der Waals surface area contributed by atoms with Crippen molar-refractivity contribution in [3.05, 3.63) is 0 Å². The molecule has 3 atom stereocenters. The second-order valence-electron chi connectivity index (χ2n) is 2.32. The third kappa shape index (κ3) is 1.38. The van der Waals surface area contributed by atoms with Gasteiger partial charge in [-0.15, -0.1) is 0 Å². The monoisotopic (exact) mass is 164 g/mol. The fraction of sp³-hybridized carbons (Fsp3) is 1.00. The second kappa shape index (κ2) is 3.45. The second-order valence-corrected chi connectivity index (χ2v) is 2.79. The summed E-state index contributed by atoms with van der Waals surface area (Å²) in [5.41, 5.74) is 0. The van der Waals surface area contributed by atoms with Crippen molar-refractivity contribution in [1.82, 2.24) is 0 Å². The van der Waals surface area contributed by atoms with Gasteiger partial charge in [0.25, 0.3) is 0 Å². The van der Waals surface area contributed by atoms with Crippen LogP contribution in [0.4, 0.5) is 0 Å². The van der Waals surface area contributed by atoms with Crippen LogP contribution < -0.4 is 0 Å². The lowest BCUT2D eigenvalue weighted by Crippen LogP contribution is -2.33. The summed E-state index contributed by atoms with van der Waals surface area (Å²) < 4.78 is 10.0. The van der Waals surface area contributed by atoms with Crippen LogP contribution in [0, 0.1) is 0 Å². The van der Waals surface area contributed by atoms with E-state index in [0.29, 0.717) is 17.1 Å². The van der Waals surface area contributed by atoms with Crippen LogP contribution in [0.1, 0.15) is 0 Å². The molecule has 0 aromatic rings. The van der Waals surface area contributed by atoms with Gasteiger partial charge in [-0.1, -0.05) is 0 Å². The summed E-state index contributed by atoms with van der Waals surface area (Å²) in [4.78, 5) is 0. The van der Waals surface area contributed by atoms with Gasteiger partial charge < -0.3 is 19.4 Å². The molecule has 4 nitrogen and oxygen atoms in total. The summed E-state index contributed by atoms with van der Waals surface area (Å²) >= 11 is 0. The molecule has 5 heteroatoms. The number of hydrogen-bond acceptors (Lipinski definition) is 4. The molecule has 1 saturated heterocycles. The molecular weight excluding hydrogens is 152 g/mol. The van der Waals surface area contributed by atoms with Crippen molar-refractivity contribution in [2.45, 2.75) is 18.3 Å². The van der Waals surface area contributed by atoms with Crippen LogP contribution in [0.25, 0.3) is 0 Å². The molecule has 2 N–H and O–H groups in total. The molecule has 1 aliphatic heterocycles. The van der Waals surface area contributed by atoms with E-state index >= 15 is 0 Å². The van der Waals surface area contributed by atoms with Crippen molar-refractivity contribution < 1.29 is 19.4 Å². The minimum absolute atomic E-state index is 0.136. The first-order valence-corrected chi connectivity index (χ1v) is 4.04. The highest BCUT2D eigenvalue weighted by Gasteiger charge is 2.34. The molecule has 0 saturated carbocycles. The quantitative estimate of drug-likeness (QED) is 0.440. The molecule has 0 unspecified atom stereocenters. The number of ether oxygens (including phenoxy) is 1. The van der Waals surface area contributed by atoms with Crippen LogP contribution in [0.5, 0.6) is 0 Å². The maximum Gasteiger partial charge on any atom is 0.146 e. The molecule has 0 radical (unpaired) electrons. The SMILES string of the molecule is OC[C@H]1OC[C@H](O[SiH3])[C@@H]1O. The Morgan fingerprint density at radius 2 is 2.40 bits per heavy atom. The van der Waals surface area contributed by atoms with Gasteiger partial charge in [0.2, 0.25) is 0 Å². The van der Waals surface area contributed by atoms with Crippen LogP contribution in [0.3, 0.4) is 0 Å². The van der Waals surface area contributed by atoms with Crippen molar-refractivity contribution in [3.8, 4) is 0 Å². The summed E-state index contributed by atoms with van der Waals surface area (Å²) in [5, 5.41) is 17.9. The Morgan fingerprint density at radius 1 is 1.70 bits per heavy atom. The van der Waals surface area contributed by atoms with Crippen LogP contribution in [0.15, 0.2) is 0 Å². The number of aliphatic hydroxyl groups is 2. The van der Waals surface area contributed by atoms with E-state index < -0.39 is 12.2 Å². The molecule has 0 aromatic carbocycles. The van der Waals surface area contributed by atoms with E-state index in [1.54, 1.807) is 0 Å². The van der Waals surface area contributed by atoms with E-state index in [1.807, 2.05) is 0 Å². The minimum atomic E-state index is -0.650. The van der Waals surface area contributed by atoms with Crippen LogP contribution in [-0.2, 0) is 9.16 Å². The normalized spacial score (nSPS) is 40.8. The highest BCUT2D eigenvalue weighted by atomic mass is 28.2. The van der Waals surface area contributed by atoms with Crippen molar-refractivity contribution in [2.75, 3.05) is 13.2 Å². The van der Waals surface area contributed by atoms with E-state index in [0.717, 1.165) is 0 Å². The smallest absolute Gasteiger partial charge is 0.146 e. The van der Waals surface area contributed by atoms with Gasteiger partial charge >= 0.3 is 0 Å². The Morgan fingerprint density at radius 3 is 2.70 bits per heavy atom. The number of rotatable bonds is 2. The topological polar surface area (TPSA) is 58.9 Å². The van der Waals surface area contributed by atoms with Crippen LogP contribution in [0.2, 0.25) is 0 Å². The first-order chi connectivity index (χ1) is 4.79. The molecule has 60 valence electrons. The minimum Gasteiger partial charge on any atom is -0.420 e. The largest absolute Gasteiger partial charge is 0.420 e. The van der Waals surface area contributed by atoms with Gasteiger partial charge in [-0.2, -0.15) is 0 Å². The lowest BCUT2D eigenvalue weighted by molar-refractivity contribution is -0.00271. The first kappa shape index (κ1) is 8.16. The van der Waals surface area contributed by atoms with E-state index in [-0.39, 0.29) is 12.7 Å². The molecule has 10 heavy (non-hydrogen) atoms. The van der Waals surface area contributed by atoms with E-state index in [2.05, 4.69) is 0 Å². The molecule has 0 aliphatic carbocycles. The highest BCUT2D eigenvalue weighted by molar-refractivity contribution is 5.98. The van der Waals surface area contributed by atoms with Gasteiger partial charge in [-0.05, 0) is 0 Å². The van der Waals surface area contributed by atoms with E-state index in [9.17, 15) is 5.11 Å². The van der Waals surface area contributed by atoms with Gasteiger partial charge in [0.05, 0.1) is 19.3 Å². The van der Waals surface area contributed by atoms with Crippen molar-refractivity contribution in [2.24, 2.45) is 0 Å². The van der Waals surface area contributed by atoms with Crippen molar-refractivity contribution in [1.29, 1.82) is 0 Å². The van der Waals surface area contributed by atoms with Gasteiger partial charge in [0.1, 0.15) is 22.7 Å². The maximum absolute atomic E-state index is 9.26. The van der Waals surface area contributed by atoms with Crippen molar-refractivity contribution >= 4 is 10.5 Å². The summed E-state index contributed by atoms with van der Waals surface area (Å²) in [7, 11) is 0.592. The van der Waals surface area contributed by atoms with Crippen LogP contribution in [-0.4, -0.2) is 52.2 Å². The Hall–Kier alpha value is 0.0569. The maximum atomic E-state index is 9.26. The fourth-order valence-electron chi connectivity index (χ4n) is 1.02. The zero-order valence-corrected chi connectivity index (χ0v) is 7.86.